The van der Waals surface area contributed by atoms with E-state index in [9.17, 15) is 22.4 Å². The molecular weight excluding hydrogens is 561 g/mol. The number of hydrogen-bond donors (Lipinski definition) is 1. The molecule has 0 spiro atoms. The van der Waals surface area contributed by atoms with Crippen molar-refractivity contribution < 1.29 is 22.4 Å². The minimum absolute atomic E-state index is 0.0545. The molecule has 0 aliphatic heterocycles. The zero-order valence-corrected chi connectivity index (χ0v) is 22.7. The van der Waals surface area contributed by atoms with Crippen LogP contribution in [-0.4, -0.2) is 50.0 Å². The molecule has 0 saturated heterocycles. The third-order valence-corrected chi connectivity index (χ3v) is 7.96. The van der Waals surface area contributed by atoms with Crippen LogP contribution in [0.2, 0.25) is 5.02 Å². The van der Waals surface area contributed by atoms with Gasteiger partial charge in [-0.25, -0.2) is 12.8 Å². The predicted octanol–water partition coefficient (Wildman–Crippen LogP) is 4.48. The molecule has 1 aliphatic rings. The van der Waals surface area contributed by atoms with Crippen LogP contribution in [0.25, 0.3) is 0 Å². The molecule has 0 aromatic heterocycles. The molecule has 11 heteroatoms. The number of anilines is 1. The molecule has 1 atom stereocenters. The number of carbonyl (C=O) groups excluding carboxylic acids is 2. The lowest BCUT2D eigenvalue weighted by molar-refractivity contribution is -0.139. The quantitative estimate of drug-likeness (QED) is 0.468. The van der Waals surface area contributed by atoms with Gasteiger partial charge in [-0.3, -0.25) is 13.9 Å². The molecule has 0 radical (unpaired) electrons. The third kappa shape index (κ3) is 7.41. The fourth-order valence-corrected chi connectivity index (χ4v) is 5.30. The van der Waals surface area contributed by atoms with Crippen molar-refractivity contribution in [3.05, 3.63) is 63.3 Å². The van der Waals surface area contributed by atoms with E-state index < -0.39 is 34.3 Å². The van der Waals surface area contributed by atoms with E-state index in [1.807, 2.05) is 24.3 Å². The summed E-state index contributed by atoms with van der Waals surface area (Å²) in [7, 11) is -3.92. The maximum atomic E-state index is 13.7. The van der Waals surface area contributed by atoms with E-state index in [4.69, 9.17) is 11.6 Å². The van der Waals surface area contributed by atoms with Gasteiger partial charge in [0.1, 0.15) is 18.4 Å². The Hall–Kier alpha value is -2.17. The maximum absolute atomic E-state index is 13.7. The van der Waals surface area contributed by atoms with Crippen molar-refractivity contribution in [3.63, 3.8) is 0 Å². The summed E-state index contributed by atoms with van der Waals surface area (Å²) in [5.74, 6) is -1.57. The highest BCUT2D eigenvalue weighted by Crippen LogP contribution is 2.25. The SMILES string of the molecule is CC(C(=O)NC1CCCC1)N(Cc1ccc(Br)cc1)C(=O)CN(c1ccc(F)c(Cl)c1)S(C)(=O)=O. The van der Waals surface area contributed by atoms with E-state index in [1.165, 1.54) is 11.0 Å². The average molecular weight is 589 g/mol. The Labute approximate surface area is 218 Å². The molecule has 0 heterocycles. The number of amides is 2. The van der Waals surface area contributed by atoms with Crippen LogP contribution < -0.4 is 9.62 Å². The maximum Gasteiger partial charge on any atom is 0.244 e. The number of sulfonamides is 1. The zero-order chi connectivity index (χ0) is 25.8. The molecule has 7 nitrogen and oxygen atoms in total. The molecule has 35 heavy (non-hydrogen) atoms. The molecule has 0 bridgehead atoms. The monoisotopic (exact) mass is 587 g/mol. The van der Waals surface area contributed by atoms with Crippen LogP contribution in [0.3, 0.4) is 0 Å². The first-order chi connectivity index (χ1) is 16.5. The van der Waals surface area contributed by atoms with Crippen LogP contribution in [0.1, 0.15) is 38.2 Å². The second-order valence-electron chi connectivity index (χ2n) is 8.68. The molecule has 190 valence electrons. The number of benzene rings is 2. The van der Waals surface area contributed by atoms with Crippen molar-refractivity contribution in [2.75, 3.05) is 17.1 Å². The molecule has 3 rings (SSSR count). The molecule has 2 aromatic rings. The molecule has 2 aromatic carbocycles. The molecule has 1 saturated carbocycles. The van der Waals surface area contributed by atoms with E-state index in [0.29, 0.717) is 0 Å². The van der Waals surface area contributed by atoms with Crippen LogP contribution in [0.5, 0.6) is 0 Å². The Morgan fingerprint density at radius 1 is 1.17 bits per heavy atom. The molecule has 1 aliphatic carbocycles. The van der Waals surface area contributed by atoms with Crippen LogP contribution in [-0.2, 0) is 26.2 Å². The highest BCUT2D eigenvalue weighted by molar-refractivity contribution is 9.10. The Bertz CT molecular complexity index is 1170. The fourth-order valence-electron chi connectivity index (χ4n) is 4.01. The predicted molar refractivity (Wildman–Crippen MR) is 138 cm³/mol. The van der Waals surface area contributed by atoms with E-state index in [0.717, 1.165) is 58.4 Å². The first-order valence-electron chi connectivity index (χ1n) is 11.2. The standard InChI is InChI=1S/C24H28BrClFN3O4S/c1-16(24(32)28-19-5-3-4-6-19)29(14-17-7-9-18(25)10-8-17)23(31)15-30(35(2,33)34)20-11-12-22(27)21(26)13-20/h7-13,16,19H,3-6,14-15H2,1-2H3,(H,28,32). The lowest BCUT2D eigenvalue weighted by Crippen LogP contribution is -2.52. The van der Waals surface area contributed by atoms with Crippen molar-refractivity contribution in [1.29, 1.82) is 0 Å². The highest BCUT2D eigenvalue weighted by atomic mass is 79.9. The van der Waals surface area contributed by atoms with Crippen molar-refractivity contribution >= 4 is 55.1 Å². The second kappa shape index (κ2) is 11.7. The van der Waals surface area contributed by atoms with E-state index >= 15 is 0 Å². The van der Waals surface area contributed by atoms with Crippen molar-refractivity contribution in [1.82, 2.24) is 10.2 Å². The van der Waals surface area contributed by atoms with Crippen molar-refractivity contribution in [2.45, 2.75) is 51.2 Å². The first-order valence-corrected chi connectivity index (χ1v) is 14.2. The normalized spacial score (nSPS) is 15.0. The van der Waals surface area contributed by atoms with Gasteiger partial charge in [-0.05, 0) is 55.7 Å². The summed E-state index contributed by atoms with van der Waals surface area (Å²) < 4.78 is 40.5. The summed E-state index contributed by atoms with van der Waals surface area (Å²) in [6.07, 6.45) is 4.83. The molecule has 1 unspecified atom stereocenters. The largest absolute Gasteiger partial charge is 0.352 e. The van der Waals surface area contributed by atoms with Gasteiger partial charge in [0.2, 0.25) is 21.8 Å². The Balaban J connectivity index is 1.88. The van der Waals surface area contributed by atoms with Gasteiger partial charge < -0.3 is 10.2 Å². The van der Waals surface area contributed by atoms with Gasteiger partial charge >= 0.3 is 0 Å². The number of nitrogens with one attached hydrogen (secondary N) is 1. The summed E-state index contributed by atoms with van der Waals surface area (Å²) in [6, 6.07) is 9.95. The summed E-state index contributed by atoms with van der Waals surface area (Å²) in [6.45, 7) is 1.16. The fraction of sp³-hybridized carbons (Fsp3) is 0.417. The number of halogens is 3. The molecule has 1 fully saturated rings. The number of nitrogens with zero attached hydrogens (tertiary/aromatic N) is 2. The van der Waals surface area contributed by atoms with Gasteiger partial charge in [-0.2, -0.15) is 0 Å². The lowest BCUT2D eigenvalue weighted by atomic mass is 10.1. The zero-order valence-electron chi connectivity index (χ0n) is 19.5. The van der Waals surface area contributed by atoms with Gasteiger partial charge in [0.25, 0.3) is 0 Å². The van der Waals surface area contributed by atoms with Crippen LogP contribution in [0, 0.1) is 5.82 Å². The van der Waals surface area contributed by atoms with Crippen LogP contribution in [0.4, 0.5) is 10.1 Å². The minimum Gasteiger partial charge on any atom is -0.352 e. The highest BCUT2D eigenvalue weighted by Gasteiger charge is 2.31. The number of hydrogen-bond acceptors (Lipinski definition) is 4. The lowest BCUT2D eigenvalue weighted by Gasteiger charge is -2.32. The summed E-state index contributed by atoms with van der Waals surface area (Å²) in [5.41, 5.74) is 0.830. The molecular formula is C24H28BrClFN3O4S. The van der Waals surface area contributed by atoms with E-state index in [2.05, 4.69) is 21.2 Å². The summed E-state index contributed by atoms with van der Waals surface area (Å²) in [5, 5.41) is 2.74. The van der Waals surface area contributed by atoms with E-state index in [1.54, 1.807) is 6.92 Å². The number of carbonyl (C=O) groups is 2. The average Bonchev–Trinajstić information content (AvgIpc) is 3.30. The third-order valence-electron chi connectivity index (χ3n) is 6.01. The Morgan fingerprint density at radius 2 is 1.80 bits per heavy atom. The smallest absolute Gasteiger partial charge is 0.244 e. The summed E-state index contributed by atoms with van der Waals surface area (Å²) in [4.78, 5) is 27.9. The van der Waals surface area contributed by atoms with Gasteiger partial charge in [0.15, 0.2) is 0 Å². The Morgan fingerprint density at radius 3 is 2.37 bits per heavy atom. The topological polar surface area (TPSA) is 86.8 Å². The molecule has 2 amide bonds. The number of rotatable bonds is 9. The first kappa shape index (κ1) is 27.4. The van der Waals surface area contributed by atoms with E-state index in [-0.39, 0.29) is 29.2 Å². The summed E-state index contributed by atoms with van der Waals surface area (Å²) >= 11 is 9.23. The second-order valence-corrected chi connectivity index (χ2v) is 11.9. The van der Waals surface area contributed by atoms with Gasteiger partial charge in [-0.15, -0.1) is 0 Å². The minimum atomic E-state index is -3.92. The molecule has 1 N–H and O–H groups in total. The van der Waals surface area contributed by atoms with Crippen LogP contribution >= 0.6 is 27.5 Å². The van der Waals surface area contributed by atoms with Crippen molar-refractivity contribution in [2.24, 2.45) is 0 Å². The van der Waals surface area contributed by atoms with Crippen molar-refractivity contribution in [3.8, 4) is 0 Å². The van der Waals surface area contributed by atoms with Crippen LogP contribution in [0.15, 0.2) is 46.9 Å². The van der Waals surface area contributed by atoms with Gasteiger partial charge in [0, 0.05) is 17.1 Å². The van der Waals surface area contributed by atoms with Gasteiger partial charge in [0.05, 0.1) is 17.0 Å². The van der Waals surface area contributed by atoms with Gasteiger partial charge in [-0.1, -0.05) is 52.5 Å². The Kier molecular flexibility index (Phi) is 9.17.